The summed E-state index contributed by atoms with van der Waals surface area (Å²) < 4.78 is 0. The van der Waals surface area contributed by atoms with Gasteiger partial charge in [-0.05, 0) is 104 Å². The number of nitrogens with zero attached hydrogens (tertiary/aromatic N) is 1. The van der Waals surface area contributed by atoms with Crippen molar-refractivity contribution in [2.24, 2.45) is 52.8 Å². The third-order valence-corrected chi connectivity index (χ3v) is 9.36. The van der Waals surface area contributed by atoms with E-state index in [0.717, 1.165) is 41.9 Å². The Labute approximate surface area is 152 Å². The largest absolute Gasteiger partial charge is 0.293 e. The Morgan fingerprint density at radius 1 is 1.16 bits per heavy atom. The Morgan fingerprint density at radius 2 is 1.96 bits per heavy atom. The molecule has 0 heterocycles. The van der Waals surface area contributed by atoms with Gasteiger partial charge < -0.3 is 0 Å². The maximum absolute atomic E-state index is 12.3. The van der Waals surface area contributed by atoms with Gasteiger partial charge in [0.15, 0.2) is 5.78 Å². The molecule has 134 valence electrons. The molecule has 0 amide bonds. The lowest BCUT2D eigenvalue weighted by Crippen LogP contribution is -2.50. The van der Waals surface area contributed by atoms with Crippen LogP contribution in [0, 0.1) is 64.1 Å². The molecule has 2 nitrogen and oxygen atoms in total. The van der Waals surface area contributed by atoms with Crippen LogP contribution in [0.25, 0.3) is 0 Å². The topological polar surface area (TPSA) is 40.9 Å². The highest BCUT2D eigenvalue weighted by molar-refractivity contribution is 5.95. The average Bonchev–Trinajstić information content (AvgIpc) is 3.39. The first-order valence-corrected chi connectivity index (χ1v) is 10.7. The third kappa shape index (κ3) is 2.23. The zero-order valence-electron chi connectivity index (χ0n) is 15.7. The highest BCUT2D eigenvalue weighted by atomic mass is 16.1. The SMILES string of the molecule is CC1CC[C@H]2[C@H]3[C@H](CC[C@]12C)[C@H]1CC(C#N)C(=O)C=C1C[C@H]3C1CC1. The maximum Gasteiger partial charge on any atom is 0.172 e. The monoisotopic (exact) mass is 337 g/mol. The standard InChI is InChI=1S/C23H31NO/c1-13-3-6-20-22-17(7-8-23(13,20)2)18-10-16(12-24)21(25)11-15(18)9-19(22)14-4-5-14/h11,13-14,16-20,22H,3-10H2,1-2H3/t13?,16?,17-,18+,19+,20+,22+,23-/m1/s1. The van der Waals surface area contributed by atoms with E-state index in [1.165, 1.54) is 50.5 Å². The maximum atomic E-state index is 12.3. The Morgan fingerprint density at radius 3 is 2.68 bits per heavy atom. The van der Waals surface area contributed by atoms with Crippen molar-refractivity contribution in [1.82, 2.24) is 0 Å². The summed E-state index contributed by atoms with van der Waals surface area (Å²) >= 11 is 0. The zero-order chi connectivity index (χ0) is 17.3. The highest BCUT2D eigenvalue weighted by Gasteiger charge is 2.59. The molecule has 2 heteroatoms. The lowest BCUT2D eigenvalue weighted by Gasteiger charge is -2.57. The van der Waals surface area contributed by atoms with Crippen molar-refractivity contribution in [2.75, 3.05) is 0 Å². The van der Waals surface area contributed by atoms with Crippen LogP contribution in [0.4, 0.5) is 0 Å². The van der Waals surface area contributed by atoms with Crippen LogP contribution in [-0.2, 0) is 4.79 Å². The van der Waals surface area contributed by atoms with Crippen LogP contribution in [0.2, 0.25) is 0 Å². The molecule has 8 atom stereocenters. The van der Waals surface area contributed by atoms with Crippen LogP contribution < -0.4 is 0 Å². The first kappa shape index (κ1) is 16.1. The van der Waals surface area contributed by atoms with Crippen molar-refractivity contribution in [1.29, 1.82) is 5.26 Å². The second kappa shape index (κ2) is 5.45. The van der Waals surface area contributed by atoms with E-state index in [1.807, 2.05) is 6.08 Å². The van der Waals surface area contributed by atoms with E-state index in [2.05, 4.69) is 19.9 Å². The molecule has 0 aromatic carbocycles. The molecular formula is C23H31NO. The van der Waals surface area contributed by atoms with Gasteiger partial charge in [-0.25, -0.2) is 0 Å². The van der Waals surface area contributed by atoms with Crippen molar-refractivity contribution in [3.63, 3.8) is 0 Å². The number of rotatable bonds is 1. The number of allylic oxidation sites excluding steroid dienone is 1. The first-order valence-electron chi connectivity index (χ1n) is 10.7. The van der Waals surface area contributed by atoms with E-state index in [-0.39, 0.29) is 11.7 Å². The second-order valence-corrected chi connectivity index (χ2v) is 10.2. The minimum Gasteiger partial charge on any atom is -0.293 e. The predicted octanol–water partition coefficient (Wildman–Crippen LogP) is 5.15. The van der Waals surface area contributed by atoms with Crippen LogP contribution in [0.1, 0.15) is 65.2 Å². The minimum absolute atomic E-state index is 0.0943. The number of carbonyl (C=O) groups is 1. The van der Waals surface area contributed by atoms with Gasteiger partial charge in [0.2, 0.25) is 0 Å². The lowest BCUT2D eigenvalue weighted by atomic mass is 9.48. The fourth-order valence-electron chi connectivity index (χ4n) is 7.67. The number of hydrogen-bond acceptors (Lipinski definition) is 2. The van der Waals surface area contributed by atoms with Crippen LogP contribution in [0.5, 0.6) is 0 Å². The summed E-state index contributed by atoms with van der Waals surface area (Å²) in [6.07, 6.45) is 12.3. The molecule has 0 N–H and O–H groups in total. The van der Waals surface area contributed by atoms with Gasteiger partial charge in [0, 0.05) is 0 Å². The van der Waals surface area contributed by atoms with Crippen molar-refractivity contribution >= 4 is 5.78 Å². The van der Waals surface area contributed by atoms with Gasteiger partial charge in [0.05, 0.1) is 6.07 Å². The quantitative estimate of drug-likeness (QED) is 0.664. The summed E-state index contributed by atoms with van der Waals surface area (Å²) in [5.41, 5.74) is 1.98. The van der Waals surface area contributed by atoms with Crippen molar-refractivity contribution < 1.29 is 4.79 Å². The van der Waals surface area contributed by atoms with E-state index >= 15 is 0 Å². The fraction of sp³-hybridized carbons (Fsp3) is 0.826. The zero-order valence-corrected chi connectivity index (χ0v) is 15.7. The highest BCUT2D eigenvalue weighted by Crippen LogP contribution is 2.67. The normalized spacial score (nSPS) is 51.8. The molecule has 2 unspecified atom stereocenters. The summed E-state index contributed by atoms with van der Waals surface area (Å²) in [5, 5.41) is 9.42. The molecule has 0 aromatic rings. The Hall–Kier alpha value is -1.10. The first-order chi connectivity index (χ1) is 12.0. The molecule has 4 saturated carbocycles. The summed E-state index contributed by atoms with van der Waals surface area (Å²) in [5.74, 6) is 5.39. The summed E-state index contributed by atoms with van der Waals surface area (Å²) in [6.45, 7) is 5.08. The molecule has 4 fully saturated rings. The summed E-state index contributed by atoms with van der Waals surface area (Å²) in [7, 11) is 0. The van der Waals surface area contributed by atoms with Crippen molar-refractivity contribution in [3.8, 4) is 6.07 Å². The van der Waals surface area contributed by atoms with E-state index in [0.29, 0.717) is 11.3 Å². The molecule has 0 bridgehead atoms. The van der Waals surface area contributed by atoms with Crippen molar-refractivity contribution in [3.05, 3.63) is 11.6 Å². The van der Waals surface area contributed by atoms with Gasteiger partial charge >= 0.3 is 0 Å². The second-order valence-electron chi connectivity index (χ2n) is 10.2. The van der Waals surface area contributed by atoms with Gasteiger partial charge in [-0.1, -0.05) is 19.4 Å². The number of hydrogen-bond donors (Lipinski definition) is 0. The van der Waals surface area contributed by atoms with Crippen LogP contribution in [0.3, 0.4) is 0 Å². The number of ketones is 1. The molecule has 0 spiro atoms. The predicted molar refractivity (Wildman–Crippen MR) is 97.3 cm³/mol. The Balaban J connectivity index is 1.54. The van der Waals surface area contributed by atoms with Crippen LogP contribution >= 0.6 is 0 Å². The molecule has 5 aliphatic rings. The number of nitriles is 1. The van der Waals surface area contributed by atoms with Gasteiger partial charge in [-0.2, -0.15) is 5.26 Å². The smallest absolute Gasteiger partial charge is 0.172 e. The average molecular weight is 338 g/mol. The van der Waals surface area contributed by atoms with Crippen LogP contribution in [0.15, 0.2) is 11.6 Å². The summed E-state index contributed by atoms with van der Waals surface area (Å²) in [6, 6.07) is 2.30. The lowest BCUT2D eigenvalue weighted by molar-refractivity contribution is -0.119. The molecule has 0 aliphatic heterocycles. The van der Waals surface area contributed by atoms with Gasteiger partial charge in [0.1, 0.15) is 5.92 Å². The number of carbonyl (C=O) groups excluding carboxylic acids is 1. The van der Waals surface area contributed by atoms with Gasteiger partial charge in [-0.3, -0.25) is 4.79 Å². The molecule has 0 saturated heterocycles. The van der Waals surface area contributed by atoms with E-state index in [1.54, 1.807) is 0 Å². The Kier molecular flexibility index (Phi) is 3.51. The summed E-state index contributed by atoms with van der Waals surface area (Å²) in [4.78, 5) is 12.3. The molecular weight excluding hydrogens is 306 g/mol. The van der Waals surface area contributed by atoms with Crippen LogP contribution in [-0.4, -0.2) is 5.78 Å². The van der Waals surface area contributed by atoms with Crippen molar-refractivity contribution in [2.45, 2.75) is 65.2 Å². The van der Waals surface area contributed by atoms with E-state index < -0.39 is 0 Å². The molecule has 0 aromatic heterocycles. The minimum atomic E-state index is -0.373. The molecule has 5 rings (SSSR count). The van der Waals surface area contributed by atoms with Gasteiger partial charge in [0.25, 0.3) is 0 Å². The Bertz CT molecular complexity index is 668. The molecule has 5 aliphatic carbocycles. The van der Waals surface area contributed by atoms with E-state index in [4.69, 9.17) is 0 Å². The van der Waals surface area contributed by atoms with E-state index in [9.17, 15) is 10.1 Å². The van der Waals surface area contributed by atoms with Gasteiger partial charge in [-0.15, -0.1) is 0 Å². The number of fused-ring (bicyclic) bond motifs is 5. The fourth-order valence-corrected chi connectivity index (χ4v) is 7.67. The third-order valence-electron chi connectivity index (χ3n) is 9.36. The molecule has 0 radical (unpaired) electrons. The molecule has 25 heavy (non-hydrogen) atoms.